The van der Waals surface area contributed by atoms with Crippen molar-refractivity contribution in [3.8, 4) is 17.2 Å². The first-order chi connectivity index (χ1) is 31.5. The number of amides is 2. The highest BCUT2D eigenvalue weighted by Crippen LogP contribution is 2.62. The Kier molecular flexibility index (Phi) is 16.6. The summed E-state index contributed by atoms with van der Waals surface area (Å²) >= 11 is 0. The van der Waals surface area contributed by atoms with Gasteiger partial charge in [-0.1, -0.05) is 37.1 Å². The number of nitrogens with one attached hydrogen (secondary N) is 1. The van der Waals surface area contributed by atoms with Gasteiger partial charge in [0.15, 0.2) is 0 Å². The van der Waals surface area contributed by atoms with Gasteiger partial charge in [-0.3, -0.25) is 25.1 Å². The maximum atomic E-state index is 14.6. The predicted molar refractivity (Wildman–Crippen MR) is 239 cm³/mol. The third-order valence-electron chi connectivity index (χ3n) is 12.1. The van der Waals surface area contributed by atoms with E-state index in [2.05, 4.69) is 18.0 Å². The summed E-state index contributed by atoms with van der Waals surface area (Å²) in [5.74, 6) is -2.11. The molecule has 0 aromatic heterocycles. The van der Waals surface area contributed by atoms with Gasteiger partial charge in [-0.15, -0.1) is 6.58 Å². The quantitative estimate of drug-likeness (QED) is 0.0373. The first-order valence-corrected chi connectivity index (χ1v) is 22.1. The molecule has 3 aromatic carbocycles. The second-order valence-corrected chi connectivity index (χ2v) is 16.2. The topological polar surface area (TPSA) is 235 Å². The number of fused-ring (bicyclic) bond motifs is 2. The highest BCUT2D eigenvalue weighted by molar-refractivity contribution is 6.03. The fourth-order valence-electron chi connectivity index (χ4n) is 9.31. The predicted octanol–water partition coefficient (Wildman–Crippen LogP) is 8.36. The molecule has 1 fully saturated rings. The van der Waals surface area contributed by atoms with Crippen molar-refractivity contribution < 1.29 is 53.4 Å². The van der Waals surface area contributed by atoms with Gasteiger partial charge in [0, 0.05) is 68.5 Å². The Morgan fingerprint density at radius 2 is 1.60 bits per heavy atom. The zero-order chi connectivity index (χ0) is 46.5. The maximum absolute atomic E-state index is 14.6. The summed E-state index contributed by atoms with van der Waals surface area (Å²) < 4.78 is 25.8. The number of oxime groups is 1. The summed E-state index contributed by atoms with van der Waals surface area (Å²) in [7, 11) is 0. The standard InChI is InChI=1S/C47H57N5O13/c1-4-23-50(46(56)64-35-19-17-34(18-20-35)52(59)60)42-29-40(49-62-30-31-13-15-33(16-14-31)51(57)58)38-27-32(11-7-9-24-53)37(12-8-10-25-54)43-39-28-36(63-45(55)48-6-3)21-22-41(39)65-47(42,44(38)43)61-26-5-2/h5,13-22,27-28,32,37,42-44,53-54H,2,4,6-12,23-26,29-30H2,1,3H3,(H,48,55). The number of nitro benzene ring substituents is 2. The van der Waals surface area contributed by atoms with E-state index < -0.39 is 45.7 Å². The number of hydrogen-bond acceptors (Lipinski definition) is 14. The van der Waals surface area contributed by atoms with Crippen LogP contribution in [0.1, 0.15) is 82.3 Å². The van der Waals surface area contributed by atoms with Crippen LogP contribution in [0, 0.1) is 38.0 Å². The number of allylic oxidation sites excluding steroid dienone is 1. The van der Waals surface area contributed by atoms with Crippen molar-refractivity contribution in [3.05, 3.63) is 122 Å². The molecule has 0 bridgehead atoms. The van der Waals surface area contributed by atoms with E-state index in [-0.39, 0.29) is 74.1 Å². The summed E-state index contributed by atoms with van der Waals surface area (Å²) in [6, 6.07) is 15.4. The van der Waals surface area contributed by atoms with Crippen LogP contribution >= 0.6 is 0 Å². The number of non-ortho nitro benzene ring substituents is 2. The number of rotatable bonds is 22. The van der Waals surface area contributed by atoms with Gasteiger partial charge in [0.05, 0.1) is 28.1 Å². The molecular formula is C47H57N5O13. The van der Waals surface area contributed by atoms with Crippen molar-refractivity contribution in [1.82, 2.24) is 10.2 Å². The third-order valence-corrected chi connectivity index (χ3v) is 12.1. The number of nitro groups is 2. The lowest BCUT2D eigenvalue weighted by Gasteiger charge is -2.59. The molecule has 3 N–H and O–H groups in total. The Balaban J connectivity index is 1.56. The summed E-state index contributed by atoms with van der Waals surface area (Å²) in [5, 5.41) is 50.0. The van der Waals surface area contributed by atoms with Crippen molar-refractivity contribution >= 4 is 29.3 Å². The van der Waals surface area contributed by atoms with Crippen molar-refractivity contribution in [2.24, 2.45) is 22.9 Å². The molecule has 2 aliphatic carbocycles. The Morgan fingerprint density at radius 1 is 0.938 bits per heavy atom. The number of aliphatic hydroxyl groups excluding tert-OH is 2. The van der Waals surface area contributed by atoms with Gasteiger partial charge in [-0.25, -0.2) is 9.59 Å². The lowest BCUT2D eigenvalue weighted by Crippen LogP contribution is -2.70. The number of ether oxygens (including phenoxy) is 4. The second-order valence-electron chi connectivity index (χ2n) is 16.2. The molecule has 6 rings (SSSR count). The van der Waals surface area contributed by atoms with Crippen LogP contribution in [0.3, 0.4) is 0 Å². The summed E-state index contributed by atoms with van der Waals surface area (Å²) in [4.78, 5) is 56.7. The van der Waals surface area contributed by atoms with E-state index in [0.29, 0.717) is 68.5 Å². The van der Waals surface area contributed by atoms with Crippen LogP contribution in [0.2, 0.25) is 0 Å². The van der Waals surface area contributed by atoms with E-state index in [1.807, 2.05) is 6.92 Å². The van der Waals surface area contributed by atoms with E-state index in [4.69, 9.17) is 28.9 Å². The lowest BCUT2D eigenvalue weighted by atomic mass is 9.55. The molecule has 3 aromatic rings. The fourth-order valence-corrected chi connectivity index (χ4v) is 9.31. The molecule has 1 aliphatic heterocycles. The van der Waals surface area contributed by atoms with Gasteiger partial charge in [-0.2, -0.15) is 0 Å². The molecule has 65 heavy (non-hydrogen) atoms. The number of benzene rings is 3. The Labute approximate surface area is 377 Å². The molecule has 0 saturated heterocycles. The van der Waals surface area contributed by atoms with Crippen LogP contribution in [0.4, 0.5) is 21.0 Å². The first kappa shape index (κ1) is 48.1. The number of carbonyl (C=O) groups is 2. The minimum Gasteiger partial charge on any atom is -0.459 e. The van der Waals surface area contributed by atoms with Gasteiger partial charge in [0.2, 0.25) is 5.79 Å². The first-order valence-electron chi connectivity index (χ1n) is 22.1. The molecule has 18 heteroatoms. The number of carbonyl (C=O) groups excluding carboxylic acids is 2. The third kappa shape index (κ3) is 11.1. The average Bonchev–Trinajstić information content (AvgIpc) is 3.29. The van der Waals surface area contributed by atoms with E-state index in [1.54, 1.807) is 43.3 Å². The van der Waals surface area contributed by atoms with Crippen molar-refractivity contribution in [3.63, 3.8) is 0 Å². The Morgan fingerprint density at radius 3 is 2.23 bits per heavy atom. The zero-order valence-corrected chi connectivity index (χ0v) is 36.7. The zero-order valence-electron chi connectivity index (χ0n) is 36.7. The molecule has 6 unspecified atom stereocenters. The van der Waals surface area contributed by atoms with Crippen LogP contribution in [-0.2, 0) is 16.2 Å². The summed E-state index contributed by atoms with van der Waals surface area (Å²) in [6.07, 6.45) is 6.83. The maximum Gasteiger partial charge on any atom is 0.415 e. The molecule has 6 atom stereocenters. The summed E-state index contributed by atoms with van der Waals surface area (Å²) in [6.45, 7) is 8.17. The summed E-state index contributed by atoms with van der Waals surface area (Å²) in [5.41, 5.74) is 2.38. The number of unbranched alkanes of at least 4 members (excludes halogenated alkanes) is 2. The fraction of sp³-hybridized carbons (Fsp3) is 0.468. The highest BCUT2D eigenvalue weighted by atomic mass is 16.7. The smallest absolute Gasteiger partial charge is 0.415 e. The lowest BCUT2D eigenvalue weighted by molar-refractivity contribution is -0.385. The second kappa shape index (κ2) is 22.5. The molecule has 3 aliphatic rings. The molecule has 0 radical (unpaired) electrons. The molecule has 1 saturated carbocycles. The molecule has 1 heterocycles. The van der Waals surface area contributed by atoms with Crippen molar-refractivity contribution in [2.75, 3.05) is 32.9 Å². The van der Waals surface area contributed by atoms with E-state index in [0.717, 1.165) is 11.1 Å². The Bertz CT molecular complexity index is 2220. The molecule has 0 spiro atoms. The highest BCUT2D eigenvalue weighted by Gasteiger charge is 2.65. The van der Waals surface area contributed by atoms with Crippen LogP contribution in [0.25, 0.3) is 0 Å². The van der Waals surface area contributed by atoms with Gasteiger partial charge in [-0.05, 0) is 104 Å². The van der Waals surface area contributed by atoms with Gasteiger partial charge < -0.3 is 39.3 Å². The average molecular weight is 900 g/mol. The molecule has 348 valence electrons. The SMILES string of the molecule is C=CCOC12Oc3ccc(OC(=O)NCC)cc3C3C(CCCCO)C(CCCCO)C=C(C(=NOCc4ccc([N+](=O)[O-])cc4)CC1N(CCC)C(=O)Oc1ccc([N+](=O)[O-])cc1)C32. The number of hydrogen-bond donors (Lipinski definition) is 3. The van der Waals surface area contributed by atoms with E-state index in [1.165, 1.54) is 41.3 Å². The van der Waals surface area contributed by atoms with Gasteiger partial charge in [0.25, 0.3) is 11.4 Å². The molecular weight excluding hydrogens is 843 g/mol. The van der Waals surface area contributed by atoms with Crippen LogP contribution in [-0.4, -0.2) is 87.6 Å². The van der Waals surface area contributed by atoms with Gasteiger partial charge >= 0.3 is 12.2 Å². The van der Waals surface area contributed by atoms with Gasteiger partial charge in [0.1, 0.15) is 29.9 Å². The minimum atomic E-state index is -1.62. The number of aliphatic hydroxyl groups is 2. The van der Waals surface area contributed by atoms with Crippen molar-refractivity contribution in [2.45, 2.75) is 89.6 Å². The molecule has 2 amide bonds. The minimum absolute atomic E-state index is 0.00151. The monoisotopic (exact) mass is 899 g/mol. The van der Waals surface area contributed by atoms with Crippen LogP contribution in [0.15, 0.2) is 96.2 Å². The van der Waals surface area contributed by atoms with Crippen LogP contribution < -0.4 is 19.5 Å². The number of nitrogens with zero attached hydrogens (tertiary/aromatic N) is 4. The largest absolute Gasteiger partial charge is 0.459 e. The normalized spacial score (nSPS) is 22.3. The molecule has 18 nitrogen and oxygen atoms in total. The van der Waals surface area contributed by atoms with Crippen molar-refractivity contribution in [1.29, 1.82) is 0 Å². The van der Waals surface area contributed by atoms with E-state index >= 15 is 0 Å². The van der Waals surface area contributed by atoms with Crippen LogP contribution in [0.5, 0.6) is 17.2 Å². The van der Waals surface area contributed by atoms with E-state index in [9.17, 15) is 40.0 Å². The Hall–Kier alpha value is -6.37.